The van der Waals surface area contributed by atoms with Gasteiger partial charge < -0.3 is 9.84 Å². The molecule has 0 radical (unpaired) electrons. The van der Waals surface area contributed by atoms with Crippen LogP contribution in [0.1, 0.15) is 39.5 Å². The van der Waals surface area contributed by atoms with Crippen molar-refractivity contribution in [2.75, 3.05) is 19.7 Å². The van der Waals surface area contributed by atoms with E-state index in [1.54, 1.807) is 0 Å². The van der Waals surface area contributed by atoms with Crippen LogP contribution in [-0.2, 0) is 9.53 Å². The zero-order chi connectivity index (χ0) is 12.0. The van der Waals surface area contributed by atoms with Crippen molar-refractivity contribution in [1.82, 2.24) is 4.90 Å². The maximum absolute atomic E-state index is 10.5. The number of hydrogen-bond acceptors (Lipinski definition) is 3. The summed E-state index contributed by atoms with van der Waals surface area (Å²) in [5.41, 5.74) is 0. The first kappa shape index (κ1) is 13.5. The second-order valence-corrected chi connectivity index (χ2v) is 4.72. The molecule has 16 heavy (non-hydrogen) atoms. The molecule has 0 aromatic rings. The van der Waals surface area contributed by atoms with Crippen LogP contribution in [0.5, 0.6) is 0 Å². The van der Waals surface area contributed by atoms with Gasteiger partial charge in [0.25, 0.3) is 0 Å². The third-order valence-electron chi connectivity index (χ3n) is 3.03. The first-order chi connectivity index (χ1) is 7.59. The van der Waals surface area contributed by atoms with E-state index in [0.29, 0.717) is 12.1 Å². The molecule has 1 aliphatic heterocycles. The molecule has 94 valence electrons. The Kier molecular flexibility index (Phi) is 5.77. The van der Waals surface area contributed by atoms with Crippen LogP contribution < -0.4 is 0 Å². The predicted molar refractivity (Wildman–Crippen MR) is 62.6 cm³/mol. The van der Waals surface area contributed by atoms with Crippen LogP contribution in [0.2, 0.25) is 0 Å². The minimum absolute atomic E-state index is 0.259. The zero-order valence-electron chi connectivity index (χ0n) is 10.3. The quantitative estimate of drug-likeness (QED) is 0.722. The third-order valence-corrected chi connectivity index (χ3v) is 3.03. The van der Waals surface area contributed by atoms with E-state index in [0.717, 1.165) is 39.0 Å². The van der Waals surface area contributed by atoms with Crippen molar-refractivity contribution >= 4 is 5.97 Å². The summed E-state index contributed by atoms with van der Waals surface area (Å²) in [6.07, 6.45) is 3.63. The predicted octanol–water partition coefficient (Wildman–Crippen LogP) is 1.74. The standard InChI is InChI=1S/C12H23NO3/c1-10(2)13(7-3-6-12(14)15)9-11-5-4-8-16-11/h10-11H,3-9H2,1-2H3,(H,14,15). The fourth-order valence-corrected chi connectivity index (χ4v) is 2.04. The lowest BCUT2D eigenvalue weighted by Gasteiger charge is -2.28. The van der Waals surface area contributed by atoms with E-state index in [1.165, 1.54) is 0 Å². The number of rotatable bonds is 7. The van der Waals surface area contributed by atoms with Crippen molar-refractivity contribution in [2.45, 2.75) is 51.7 Å². The molecule has 0 spiro atoms. The Morgan fingerprint density at radius 2 is 2.31 bits per heavy atom. The average Bonchev–Trinajstić information content (AvgIpc) is 2.68. The van der Waals surface area contributed by atoms with Crippen LogP contribution in [0.15, 0.2) is 0 Å². The molecule has 0 amide bonds. The van der Waals surface area contributed by atoms with E-state index in [9.17, 15) is 4.79 Å². The molecule has 1 atom stereocenters. The number of carboxylic acid groups (broad SMARTS) is 1. The molecule has 1 heterocycles. The van der Waals surface area contributed by atoms with Crippen molar-refractivity contribution in [3.05, 3.63) is 0 Å². The van der Waals surface area contributed by atoms with Crippen LogP contribution in [0.3, 0.4) is 0 Å². The molecule has 1 saturated heterocycles. The van der Waals surface area contributed by atoms with Crippen LogP contribution in [0.4, 0.5) is 0 Å². The average molecular weight is 229 g/mol. The minimum Gasteiger partial charge on any atom is -0.481 e. The summed E-state index contributed by atoms with van der Waals surface area (Å²) < 4.78 is 5.60. The molecular formula is C12H23NO3. The van der Waals surface area contributed by atoms with E-state index < -0.39 is 5.97 Å². The first-order valence-electron chi connectivity index (χ1n) is 6.17. The normalized spacial score (nSPS) is 20.9. The maximum Gasteiger partial charge on any atom is 0.303 e. The van der Waals surface area contributed by atoms with E-state index in [4.69, 9.17) is 9.84 Å². The highest BCUT2D eigenvalue weighted by Crippen LogP contribution is 2.15. The molecule has 1 aliphatic rings. The van der Waals surface area contributed by atoms with E-state index >= 15 is 0 Å². The number of ether oxygens (including phenoxy) is 1. The van der Waals surface area contributed by atoms with E-state index in [2.05, 4.69) is 18.7 Å². The maximum atomic E-state index is 10.5. The van der Waals surface area contributed by atoms with Crippen LogP contribution in [-0.4, -0.2) is 47.8 Å². The number of carbonyl (C=O) groups is 1. The number of nitrogens with zero attached hydrogens (tertiary/aromatic N) is 1. The largest absolute Gasteiger partial charge is 0.481 e. The highest BCUT2D eigenvalue weighted by Gasteiger charge is 2.20. The number of carboxylic acids is 1. The Morgan fingerprint density at radius 3 is 2.81 bits per heavy atom. The molecule has 0 bridgehead atoms. The molecule has 4 heteroatoms. The topological polar surface area (TPSA) is 49.8 Å². The number of hydrogen-bond donors (Lipinski definition) is 1. The molecular weight excluding hydrogens is 206 g/mol. The summed E-state index contributed by atoms with van der Waals surface area (Å²) in [6.45, 7) is 6.97. The molecule has 1 unspecified atom stereocenters. The highest BCUT2D eigenvalue weighted by molar-refractivity contribution is 5.66. The van der Waals surface area contributed by atoms with Crippen molar-refractivity contribution < 1.29 is 14.6 Å². The van der Waals surface area contributed by atoms with Gasteiger partial charge in [0.1, 0.15) is 0 Å². The van der Waals surface area contributed by atoms with Gasteiger partial charge in [0.05, 0.1) is 6.10 Å². The van der Waals surface area contributed by atoms with Crippen LogP contribution >= 0.6 is 0 Å². The van der Waals surface area contributed by atoms with Gasteiger partial charge in [-0.2, -0.15) is 0 Å². The van der Waals surface area contributed by atoms with Gasteiger partial charge in [-0.3, -0.25) is 9.69 Å². The van der Waals surface area contributed by atoms with E-state index in [1.807, 2.05) is 0 Å². The molecule has 4 nitrogen and oxygen atoms in total. The second-order valence-electron chi connectivity index (χ2n) is 4.72. The first-order valence-corrected chi connectivity index (χ1v) is 6.17. The van der Waals surface area contributed by atoms with Gasteiger partial charge in [-0.25, -0.2) is 0 Å². The summed E-state index contributed by atoms with van der Waals surface area (Å²) in [5.74, 6) is -0.708. The SMILES string of the molecule is CC(C)N(CCCC(=O)O)CC1CCCO1. The molecule has 0 saturated carbocycles. The summed E-state index contributed by atoms with van der Waals surface area (Å²) in [5, 5.41) is 8.61. The van der Waals surface area contributed by atoms with Crippen molar-refractivity contribution in [3.8, 4) is 0 Å². The Labute approximate surface area is 97.6 Å². The lowest BCUT2D eigenvalue weighted by atomic mass is 10.2. The Bertz CT molecular complexity index is 212. The number of aliphatic carboxylic acids is 1. The van der Waals surface area contributed by atoms with Crippen molar-refractivity contribution in [1.29, 1.82) is 0 Å². The Morgan fingerprint density at radius 1 is 1.56 bits per heavy atom. The molecule has 0 aliphatic carbocycles. The van der Waals surface area contributed by atoms with Gasteiger partial charge in [0, 0.05) is 25.6 Å². The third kappa shape index (κ3) is 4.94. The molecule has 0 aromatic heterocycles. The second kappa shape index (κ2) is 6.86. The molecule has 0 aromatic carbocycles. The van der Waals surface area contributed by atoms with Gasteiger partial charge in [-0.1, -0.05) is 0 Å². The van der Waals surface area contributed by atoms with Gasteiger partial charge in [0.15, 0.2) is 0 Å². The zero-order valence-corrected chi connectivity index (χ0v) is 10.3. The summed E-state index contributed by atoms with van der Waals surface area (Å²) in [6, 6.07) is 0.456. The van der Waals surface area contributed by atoms with Crippen molar-refractivity contribution in [3.63, 3.8) is 0 Å². The van der Waals surface area contributed by atoms with Crippen LogP contribution in [0.25, 0.3) is 0 Å². The fraction of sp³-hybridized carbons (Fsp3) is 0.917. The molecule has 1 fully saturated rings. The van der Waals surface area contributed by atoms with Gasteiger partial charge >= 0.3 is 5.97 Å². The van der Waals surface area contributed by atoms with Crippen molar-refractivity contribution in [2.24, 2.45) is 0 Å². The highest BCUT2D eigenvalue weighted by atomic mass is 16.5. The lowest BCUT2D eigenvalue weighted by Crippen LogP contribution is -2.38. The summed E-state index contributed by atoms with van der Waals surface area (Å²) >= 11 is 0. The smallest absolute Gasteiger partial charge is 0.303 e. The monoisotopic (exact) mass is 229 g/mol. The van der Waals surface area contributed by atoms with Gasteiger partial charge in [-0.05, 0) is 39.7 Å². The lowest BCUT2D eigenvalue weighted by molar-refractivity contribution is -0.137. The Balaban J connectivity index is 2.26. The van der Waals surface area contributed by atoms with Gasteiger partial charge in [-0.15, -0.1) is 0 Å². The van der Waals surface area contributed by atoms with E-state index in [-0.39, 0.29) is 6.42 Å². The summed E-state index contributed by atoms with van der Waals surface area (Å²) in [7, 11) is 0. The van der Waals surface area contributed by atoms with Crippen LogP contribution in [0, 0.1) is 0 Å². The molecule has 1 N–H and O–H groups in total. The Hall–Kier alpha value is -0.610. The summed E-state index contributed by atoms with van der Waals surface area (Å²) in [4.78, 5) is 12.8. The minimum atomic E-state index is -0.708. The molecule has 1 rings (SSSR count). The van der Waals surface area contributed by atoms with Gasteiger partial charge in [0.2, 0.25) is 0 Å². The fourth-order valence-electron chi connectivity index (χ4n) is 2.04.